The van der Waals surface area contributed by atoms with Gasteiger partial charge in [-0.1, -0.05) is 36.4 Å². The van der Waals surface area contributed by atoms with Crippen molar-refractivity contribution in [1.29, 1.82) is 0 Å². The molecule has 0 bridgehead atoms. The average Bonchev–Trinajstić information content (AvgIpc) is 2.28. The van der Waals surface area contributed by atoms with Crippen LogP contribution < -0.4 is 0 Å². The molecular formula is C15H14O. The molecule has 80 valence electrons. The van der Waals surface area contributed by atoms with Crippen LogP contribution in [0.25, 0.3) is 16.8 Å². The van der Waals surface area contributed by atoms with Gasteiger partial charge in [0.25, 0.3) is 0 Å². The number of fused-ring (bicyclic) bond motifs is 1. The Hall–Kier alpha value is -1.89. The largest absolute Gasteiger partial charge is 0.295 e. The highest BCUT2D eigenvalue weighted by Crippen LogP contribution is 2.17. The van der Waals surface area contributed by atoms with E-state index in [1.807, 2.05) is 31.2 Å². The molecule has 0 fully saturated rings. The molecule has 0 unspecified atom stereocenters. The molecule has 0 heterocycles. The first-order chi connectivity index (χ1) is 7.66. The molecule has 1 heteroatoms. The second-order valence-corrected chi connectivity index (χ2v) is 3.99. The van der Waals surface area contributed by atoms with Gasteiger partial charge in [-0.3, -0.25) is 4.79 Å². The SMILES string of the molecule is CC(=O)/C(C)=C/c1ccc2ccccc2c1. The fourth-order valence-electron chi connectivity index (χ4n) is 1.65. The first kappa shape index (κ1) is 10.6. The van der Waals surface area contributed by atoms with Crippen LogP contribution in [-0.4, -0.2) is 5.78 Å². The number of Topliss-reactive ketones (excluding diaryl/α,β-unsaturated/α-hetero) is 1. The number of ketones is 1. The third-order valence-electron chi connectivity index (χ3n) is 2.71. The monoisotopic (exact) mass is 210 g/mol. The Morgan fingerprint density at radius 3 is 2.38 bits per heavy atom. The van der Waals surface area contributed by atoms with Gasteiger partial charge in [0.2, 0.25) is 0 Å². The van der Waals surface area contributed by atoms with Crippen molar-refractivity contribution < 1.29 is 4.79 Å². The summed E-state index contributed by atoms with van der Waals surface area (Å²) in [6.07, 6.45) is 1.93. The van der Waals surface area contributed by atoms with E-state index in [-0.39, 0.29) is 5.78 Å². The highest BCUT2D eigenvalue weighted by atomic mass is 16.1. The maximum atomic E-state index is 11.1. The van der Waals surface area contributed by atoms with E-state index in [1.54, 1.807) is 6.92 Å². The van der Waals surface area contributed by atoms with Crippen LogP contribution >= 0.6 is 0 Å². The van der Waals surface area contributed by atoms with Crippen molar-refractivity contribution in [3.8, 4) is 0 Å². The van der Waals surface area contributed by atoms with Gasteiger partial charge in [0.15, 0.2) is 5.78 Å². The fraction of sp³-hybridized carbons (Fsp3) is 0.133. The Morgan fingerprint density at radius 2 is 1.69 bits per heavy atom. The van der Waals surface area contributed by atoms with Gasteiger partial charge in [-0.2, -0.15) is 0 Å². The van der Waals surface area contributed by atoms with Gasteiger partial charge in [-0.25, -0.2) is 0 Å². The Balaban J connectivity index is 2.47. The third-order valence-corrected chi connectivity index (χ3v) is 2.71. The zero-order valence-corrected chi connectivity index (χ0v) is 9.53. The van der Waals surface area contributed by atoms with Crippen LogP contribution in [0.3, 0.4) is 0 Å². The van der Waals surface area contributed by atoms with E-state index < -0.39 is 0 Å². The molecular weight excluding hydrogens is 196 g/mol. The molecule has 0 saturated heterocycles. The van der Waals surface area contributed by atoms with Crippen LogP contribution in [-0.2, 0) is 4.79 Å². The molecule has 0 aromatic heterocycles. The summed E-state index contributed by atoms with van der Waals surface area (Å²) in [7, 11) is 0. The van der Waals surface area contributed by atoms with Gasteiger partial charge in [-0.15, -0.1) is 0 Å². The van der Waals surface area contributed by atoms with Crippen molar-refractivity contribution >= 4 is 22.6 Å². The van der Waals surface area contributed by atoms with Crippen molar-refractivity contribution in [3.05, 3.63) is 53.6 Å². The average molecular weight is 210 g/mol. The smallest absolute Gasteiger partial charge is 0.155 e. The summed E-state index contributed by atoms with van der Waals surface area (Å²) in [4.78, 5) is 11.1. The maximum Gasteiger partial charge on any atom is 0.155 e. The van der Waals surface area contributed by atoms with Gasteiger partial charge < -0.3 is 0 Å². The molecule has 0 atom stereocenters. The van der Waals surface area contributed by atoms with E-state index in [0.717, 1.165) is 11.1 Å². The maximum absolute atomic E-state index is 11.1. The number of carbonyl (C=O) groups excluding carboxylic acids is 1. The fourth-order valence-corrected chi connectivity index (χ4v) is 1.65. The zero-order chi connectivity index (χ0) is 11.5. The van der Waals surface area contributed by atoms with Crippen LogP contribution in [0.2, 0.25) is 0 Å². The summed E-state index contributed by atoms with van der Waals surface area (Å²) >= 11 is 0. The number of hydrogen-bond donors (Lipinski definition) is 0. The van der Waals surface area contributed by atoms with Gasteiger partial charge in [0.05, 0.1) is 0 Å². The molecule has 0 radical (unpaired) electrons. The van der Waals surface area contributed by atoms with E-state index in [2.05, 4.69) is 24.3 Å². The molecule has 2 rings (SSSR count). The minimum atomic E-state index is 0.119. The van der Waals surface area contributed by atoms with Crippen molar-refractivity contribution in [2.24, 2.45) is 0 Å². The second kappa shape index (κ2) is 4.31. The summed E-state index contributed by atoms with van der Waals surface area (Å²) < 4.78 is 0. The van der Waals surface area contributed by atoms with Crippen molar-refractivity contribution in [1.82, 2.24) is 0 Å². The number of allylic oxidation sites excluding steroid dienone is 1. The highest BCUT2D eigenvalue weighted by molar-refractivity contribution is 5.97. The van der Waals surface area contributed by atoms with E-state index in [9.17, 15) is 4.79 Å². The van der Waals surface area contributed by atoms with Crippen LogP contribution in [0, 0.1) is 0 Å². The summed E-state index contributed by atoms with van der Waals surface area (Å²) in [6.45, 7) is 3.43. The first-order valence-corrected chi connectivity index (χ1v) is 5.35. The number of hydrogen-bond acceptors (Lipinski definition) is 1. The van der Waals surface area contributed by atoms with E-state index >= 15 is 0 Å². The number of rotatable bonds is 2. The van der Waals surface area contributed by atoms with Gasteiger partial charge >= 0.3 is 0 Å². The van der Waals surface area contributed by atoms with Gasteiger partial charge in [0.1, 0.15) is 0 Å². The van der Waals surface area contributed by atoms with Crippen molar-refractivity contribution in [2.45, 2.75) is 13.8 Å². The predicted octanol–water partition coefficient (Wildman–Crippen LogP) is 3.83. The van der Waals surface area contributed by atoms with Crippen molar-refractivity contribution in [3.63, 3.8) is 0 Å². The van der Waals surface area contributed by atoms with E-state index in [1.165, 1.54) is 10.8 Å². The van der Waals surface area contributed by atoms with Crippen molar-refractivity contribution in [2.75, 3.05) is 0 Å². The predicted molar refractivity (Wildman–Crippen MR) is 68.3 cm³/mol. The molecule has 0 amide bonds. The molecule has 0 saturated carbocycles. The van der Waals surface area contributed by atoms with Gasteiger partial charge in [0, 0.05) is 0 Å². The lowest BCUT2D eigenvalue weighted by Crippen LogP contribution is -1.90. The van der Waals surface area contributed by atoms with Gasteiger partial charge in [-0.05, 0) is 47.9 Å². The molecule has 0 aliphatic carbocycles. The lowest BCUT2D eigenvalue weighted by atomic mass is 10.0. The van der Waals surface area contributed by atoms with Crippen LogP contribution in [0.1, 0.15) is 19.4 Å². The molecule has 2 aromatic carbocycles. The summed E-state index contributed by atoms with van der Waals surface area (Å²) in [6, 6.07) is 14.4. The summed E-state index contributed by atoms with van der Waals surface area (Å²) in [5.74, 6) is 0.119. The molecule has 16 heavy (non-hydrogen) atoms. The highest BCUT2D eigenvalue weighted by Gasteiger charge is 1.97. The Morgan fingerprint density at radius 1 is 1.00 bits per heavy atom. The minimum Gasteiger partial charge on any atom is -0.295 e. The molecule has 1 nitrogen and oxygen atoms in total. The number of carbonyl (C=O) groups is 1. The third kappa shape index (κ3) is 2.19. The molecule has 2 aromatic rings. The second-order valence-electron chi connectivity index (χ2n) is 3.99. The number of benzene rings is 2. The summed E-state index contributed by atoms with van der Waals surface area (Å²) in [5, 5.41) is 2.42. The first-order valence-electron chi connectivity index (χ1n) is 5.35. The summed E-state index contributed by atoms with van der Waals surface area (Å²) in [5.41, 5.74) is 1.86. The molecule has 0 aliphatic heterocycles. The van der Waals surface area contributed by atoms with Crippen LogP contribution in [0.5, 0.6) is 0 Å². The quantitative estimate of drug-likeness (QED) is 0.688. The normalized spacial score (nSPS) is 11.8. The topological polar surface area (TPSA) is 17.1 Å². The van der Waals surface area contributed by atoms with E-state index in [4.69, 9.17) is 0 Å². The molecule has 0 spiro atoms. The Labute approximate surface area is 95.4 Å². The molecule has 0 N–H and O–H groups in total. The standard InChI is InChI=1S/C15H14O/c1-11(12(2)16)9-13-7-8-14-5-3-4-6-15(14)10-13/h3-10H,1-2H3/b11-9+. The molecule has 0 aliphatic rings. The lowest BCUT2D eigenvalue weighted by molar-refractivity contribution is -0.113. The van der Waals surface area contributed by atoms with E-state index in [0.29, 0.717) is 0 Å². The Kier molecular flexibility index (Phi) is 2.86. The zero-order valence-electron chi connectivity index (χ0n) is 9.53. The van der Waals surface area contributed by atoms with Crippen LogP contribution in [0.4, 0.5) is 0 Å². The lowest BCUT2D eigenvalue weighted by Gasteiger charge is -2.00. The minimum absolute atomic E-state index is 0.119. The Bertz CT molecular complexity index is 564. The van der Waals surface area contributed by atoms with Crippen LogP contribution in [0.15, 0.2) is 48.0 Å².